The largest absolute Gasteiger partial charge is 0.407 e. The van der Waals surface area contributed by atoms with Crippen LogP contribution in [0, 0.1) is 13.8 Å². The second-order valence-electron chi connectivity index (χ2n) is 5.72. The average molecular weight is 316 g/mol. The summed E-state index contributed by atoms with van der Waals surface area (Å²) in [6.07, 6.45) is 2.31. The fourth-order valence-electron chi connectivity index (χ4n) is 2.39. The van der Waals surface area contributed by atoms with Gasteiger partial charge in [0.25, 0.3) is 0 Å². The predicted molar refractivity (Wildman–Crippen MR) is 89.5 cm³/mol. The van der Waals surface area contributed by atoms with Crippen LogP contribution in [0.15, 0.2) is 22.6 Å². The van der Waals surface area contributed by atoms with E-state index in [0.717, 1.165) is 18.4 Å². The first-order valence-corrected chi connectivity index (χ1v) is 7.97. The Balaban J connectivity index is 1.96. The molecule has 2 amide bonds. The minimum atomic E-state index is -0.319. The maximum atomic E-state index is 11.8. The topological polar surface area (TPSA) is 80.0 Å². The summed E-state index contributed by atoms with van der Waals surface area (Å²) >= 11 is 0. The lowest BCUT2D eigenvalue weighted by Crippen LogP contribution is -2.37. The van der Waals surface area contributed by atoms with Crippen molar-refractivity contribution in [2.75, 3.05) is 5.32 Å². The molecular formula is C17H24N4O2. The van der Waals surface area contributed by atoms with E-state index in [4.69, 9.17) is 4.42 Å². The van der Waals surface area contributed by atoms with Crippen LogP contribution in [0.3, 0.4) is 0 Å². The van der Waals surface area contributed by atoms with Gasteiger partial charge >= 0.3 is 12.0 Å². The molecule has 2 N–H and O–H groups in total. The van der Waals surface area contributed by atoms with Crippen LogP contribution < -0.4 is 10.6 Å². The molecule has 2 aromatic rings. The van der Waals surface area contributed by atoms with Crippen molar-refractivity contribution in [2.24, 2.45) is 0 Å². The summed E-state index contributed by atoms with van der Waals surface area (Å²) in [7, 11) is 0. The van der Waals surface area contributed by atoms with Crippen molar-refractivity contribution < 1.29 is 9.21 Å². The number of nitrogens with one attached hydrogen (secondary N) is 2. The van der Waals surface area contributed by atoms with Crippen LogP contribution in [-0.2, 0) is 6.42 Å². The van der Waals surface area contributed by atoms with Crippen molar-refractivity contribution in [1.29, 1.82) is 0 Å². The Morgan fingerprint density at radius 2 is 1.96 bits per heavy atom. The van der Waals surface area contributed by atoms with Gasteiger partial charge in [-0.05, 0) is 37.8 Å². The van der Waals surface area contributed by atoms with Crippen LogP contribution in [0.25, 0.3) is 0 Å². The summed E-state index contributed by atoms with van der Waals surface area (Å²) < 4.78 is 5.50. The number of aryl methyl sites for hydroxylation is 2. The second-order valence-corrected chi connectivity index (χ2v) is 5.72. The number of anilines is 1. The van der Waals surface area contributed by atoms with Crippen molar-refractivity contribution in [3.05, 3.63) is 40.8 Å². The van der Waals surface area contributed by atoms with E-state index >= 15 is 0 Å². The maximum Gasteiger partial charge on any atom is 0.323 e. The van der Waals surface area contributed by atoms with E-state index in [1.54, 1.807) is 0 Å². The number of hydrogen-bond donors (Lipinski definition) is 2. The highest BCUT2D eigenvalue weighted by Gasteiger charge is 2.13. The summed E-state index contributed by atoms with van der Waals surface area (Å²) in [6.45, 7) is 8.18. The average Bonchev–Trinajstić information content (AvgIpc) is 2.94. The van der Waals surface area contributed by atoms with Gasteiger partial charge in [-0.2, -0.15) is 0 Å². The van der Waals surface area contributed by atoms with Crippen molar-refractivity contribution in [1.82, 2.24) is 15.5 Å². The number of urea groups is 1. The highest BCUT2D eigenvalue weighted by molar-refractivity contribution is 5.87. The minimum Gasteiger partial charge on any atom is -0.407 e. The Morgan fingerprint density at radius 3 is 2.61 bits per heavy atom. The van der Waals surface area contributed by atoms with E-state index in [2.05, 4.69) is 52.9 Å². The predicted octanol–water partition coefficient (Wildman–Crippen LogP) is 3.59. The molecule has 0 spiro atoms. The Kier molecular flexibility index (Phi) is 5.73. The van der Waals surface area contributed by atoms with E-state index in [-0.39, 0.29) is 18.1 Å². The molecule has 0 saturated heterocycles. The zero-order valence-corrected chi connectivity index (χ0v) is 14.1. The van der Waals surface area contributed by atoms with Crippen LogP contribution in [0.1, 0.15) is 49.3 Å². The molecule has 0 bridgehead atoms. The quantitative estimate of drug-likeness (QED) is 0.853. The molecule has 124 valence electrons. The normalized spacial score (nSPS) is 10.8. The lowest BCUT2D eigenvalue weighted by molar-refractivity contribution is 0.247. The first-order chi connectivity index (χ1) is 11.0. The highest BCUT2D eigenvalue weighted by Crippen LogP contribution is 2.16. The van der Waals surface area contributed by atoms with Gasteiger partial charge in [0.15, 0.2) is 0 Å². The highest BCUT2D eigenvalue weighted by atomic mass is 16.4. The number of benzene rings is 1. The van der Waals surface area contributed by atoms with Crippen molar-refractivity contribution in [2.45, 2.75) is 53.0 Å². The summed E-state index contributed by atoms with van der Waals surface area (Å²) in [5, 5.41) is 13.3. The first kappa shape index (κ1) is 17.0. The second kappa shape index (κ2) is 7.76. The van der Waals surface area contributed by atoms with Crippen LogP contribution in [0.5, 0.6) is 0 Å². The Bertz CT molecular complexity index is 662. The van der Waals surface area contributed by atoms with Gasteiger partial charge in [-0.3, -0.25) is 5.32 Å². The SMILES string of the molecule is CCC(CC)NC(=O)Nc1nnc(Cc2ccc(C)cc2C)o1. The first-order valence-electron chi connectivity index (χ1n) is 7.97. The summed E-state index contributed by atoms with van der Waals surface area (Å²) in [6, 6.07) is 6.18. The summed E-state index contributed by atoms with van der Waals surface area (Å²) in [5.74, 6) is 0.481. The molecule has 0 fully saturated rings. The van der Waals surface area contributed by atoms with E-state index < -0.39 is 0 Å². The van der Waals surface area contributed by atoms with Gasteiger partial charge in [-0.25, -0.2) is 4.79 Å². The van der Waals surface area contributed by atoms with Crippen LogP contribution in [0.2, 0.25) is 0 Å². The zero-order chi connectivity index (χ0) is 16.8. The third-order valence-corrected chi connectivity index (χ3v) is 3.85. The molecule has 6 nitrogen and oxygen atoms in total. The lowest BCUT2D eigenvalue weighted by Gasteiger charge is -2.13. The molecule has 23 heavy (non-hydrogen) atoms. The van der Waals surface area contributed by atoms with Crippen molar-refractivity contribution >= 4 is 12.0 Å². The molecule has 6 heteroatoms. The third-order valence-electron chi connectivity index (χ3n) is 3.85. The monoisotopic (exact) mass is 316 g/mol. The van der Waals surface area contributed by atoms with Gasteiger partial charge in [-0.15, -0.1) is 5.10 Å². The number of aromatic nitrogens is 2. The molecule has 1 aromatic heterocycles. The van der Waals surface area contributed by atoms with E-state index in [1.807, 2.05) is 13.8 Å². The molecule has 0 saturated carbocycles. The zero-order valence-electron chi connectivity index (χ0n) is 14.1. The van der Waals surface area contributed by atoms with Crippen molar-refractivity contribution in [3.8, 4) is 0 Å². The smallest absolute Gasteiger partial charge is 0.323 e. The molecule has 1 aromatic carbocycles. The van der Waals surface area contributed by atoms with Crippen LogP contribution in [0.4, 0.5) is 10.8 Å². The molecule has 2 rings (SSSR count). The number of carbonyl (C=O) groups is 1. The van der Waals surface area contributed by atoms with Gasteiger partial charge in [0.05, 0.1) is 6.42 Å². The number of carbonyl (C=O) groups excluding carboxylic acids is 1. The number of hydrogen-bond acceptors (Lipinski definition) is 4. The summed E-state index contributed by atoms with van der Waals surface area (Å²) in [4.78, 5) is 11.8. The molecular weight excluding hydrogens is 292 g/mol. The van der Waals surface area contributed by atoms with Gasteiger partial charge in [0.1, 0.15) is 0 Å². The molecule has 0 atom stereocenters. The van der Waals surface area contributed by atoms with Crippen LogP contribution >= 0.6 is 0 Å². The third kappa shape index (κ3) is 4.81. The van der Waals surface area contributed by atoms with E-state index in [1.165, 1.54) is 11.1 Å². The maximum absolute atomic E-state index is 11.8. The fourth-order valence-corrected chi connectivity index (χ4v) is 2.39. The van der Waals surface area contributed by atoms with E-state index in [9.17, 15) is 4.79 Å². The molecule has 0 unspecified atom stereocenters. The summed E-state index contributed by atoms with van der Waals surface area (Å²) in [5.41, 5.74) is 3.54. The number of nitrogens with zero attached hydrogens (tertiary/aromatic N) is 2. The van der Waals surface area contributed by atoms with Gasteiger partial charge in [0.2, 0.25) is 5.89 Å². The Labute approximate surface area is 136 Å². The Morgan fingerprint density at radius 1 is 1.22 bits per heavy atom. The molecule has 0 aliphatic rings. The van der Waals surface area contributed by atoms with E-state index in [0.29, 0.717) is 12.3 Å². The minimum absolute atomic E-state index is 0.119. The van der Waals surface area contributed by atoms with Gasteiger partial charge < -0.3 is 9.73 Å². The fraction of sp³-hybridized carbons (Fsp3) is 0.471. The van der Waals surface area contributed by atoms with Crippen molar-refractivity contribution in [3.63, 3.8) is 0 Å². The molecule has 0 aliphatic heterocycles. The van der Waals surface area contributed by atoms with Gasteiger partial charge in [-0.1, -0.05) is 42.7 Å². The lowest BCUT2D eigenvalue weighted by atomic mass is 10.0. The molecule has 0 radical (unpaired) electrons. The standard InChI is InChI=1S/C17H24N4O2/c1-5-14(6-2)18-16(22)19-17-21-20-15(23-17)10-13-8-7-11(3)9-12(13)4/h7-9,14H,5-6,10H2,1-4H3,(H2,18,19,21,22). The number of amides is 2. The number of rotatable bonds is 6. The Hall–Kier alpha value is -2.37. The molecule has 1 heterocycles. The molecule has 0 aliphatic carbocycles. The van der Waals surface area contributed by atoms with Crippen LogP contribution in [-0.4, -0.2) is 22.3 Å². The van der Waals surface area contributed by atoms with Gasteiger partial charge in [0, 0.05) is 6.04 Å².